The van der Waals surface area contributed by atoms with Crippen molar-refractivity contribution < 1.29 is 9.53 Å². The van der Waals surface area contributed by atoms with E-state index < -0.39 is 0 Å². The summed E-state index contributed by atoms with van der Waals surface area (Å²) in [4.78, 5) is 36.4. The van der Waals surface area contributed by atoms with E-state index in [9.17, 15) is 9.59 Å². The number of hydrogen-bond acceptors (Lipinski definition) is 6. The summed E-state index contributed by atoms with van der Waals surface area (Å²) in [6.07, 6.45) is 0.654. The summed E-state index contributed by atoms with van der Waals surface area (Å²) in [5.41, 5.74) is 3.92. The van der Waals surface area contributed by atoms with Crippen LogP contribution in [0.15, 0.2) is 94.9 Å². The molecule has 1 aliphatic heterocycles. The Morgan fingerprint density at radius 1 is 1.02 bits per heavy atom. The zero-order valence-electron chi connectivity index (χ0n) is 22.6. The van der Waals surface area contributed by atoms with Gasteiger partial charge in [-0.2, -0.15) is 0 Å². The lowest BCUT2D eigenvalue weighted by Gasteiger charge is -2.30. The Labute approximate surface area is 241 Å². The minimum Gasteiger partial charge on any atom is -0.370 e. The second kappa shape index (κ2) is 10.7. The number of fused-ring (bicyclic) bond motifs is 3. The topological polar surface area (TPSA) is 64.4 Å². The number of nitrogens with zero attached hydrogens (tertiary/aromatic N) is 3. The van der Waals surface area contributed by atoms with Crippen molar-refractivity contribution in [1.82, 2.24) is 9.55 Å². The molecule has 0 spiro atoms. The van der Waals surface area contributed by atoms with Crippen LogP contribution >= 0.6 is 23.1 Å². The molecule has 6 nitrogen and oxygen atoms in total. The highest BCUT2D eigenvalue weighted by molar-refractivity contribution is 7.99. The van der Waals surface area contributed by atoms with Crippen molar-refractivity contribution in [3.63, 3.8) is 0 Å². The van der Waals surface area contributed by atoms with Crippen LogP contribution in [0, 0.1) is 6.92 Å². The molecule has 8 heteroatoms. The first-order chi connectivity index (χ1) is 19.3. The maximum atomic E-state index is 14.2. The zero-order chi connectivity index (χ0) is 27.9. The van der Waals surface area contributed by atoms with Gasteiger partial charge in [-0.1, -0.05) is 60.3 Å². The van der Waals surface area contributed by atoms with E-state index in [1.165, 1.54) is 23.1 Å². The van der Waals surface area contributed by atoms with Crippen LogP contribution in [0.4, 0.5) is 11.4 Å². The molecule has 0 radical (unpaired) electrons. The van der Waals surface area contributed by atoms with Gasteiger partial charge in [0.1, 0.15) is 4.83 Å². The van der Waals surface area contributed by atoms with Crippen LogP contribution in [0.3, 0.4) is 0 Å². The summed E-state index contributed by atoms with van der Waals surface area (Å²) in [7, 11) is 0. The number of rotatable bonds is 6. The lowest BCUT2D eigenvalue weighted by atomic mass is 9.94. The molecule has 3 aromatic carbocycles. The van der Waals surface area contributed by atoms with Crippen molar-refractivity contribution >= 4 is 50.6 Å². The van der Waals surface area contributed by atoms with E-state index in [1.807, 2.05) is 106 Å². The molecular weight excluding hydrogens is 539 g/mol. The molecule has 202 valence electrons. The van der Waals surface area contributed by atoms with E-state index in [2.05, 4.69) is 0 Å². The van der Waals surface area contributed by atoms with Crippen molar-refractivity contribution in [2.24, 2.45) is 0 Å². The summed E-state index contributed by atoms with van der Waals surface area (Å²) in [6.45, 7) is 6.57. The second-order valence-electron chi connectivity index (χ2n) is 10.5. The average Bonchev–Trinajstić information content (AvgIpc) is 3.30. The summed E-state index contributed by atoms with van der Waals surface area (Å²) in [5, 5.41) is 1.15. The van der Waals surface area contributed by atoms with E-state index in [4.69, 9.17) is 9.72 Å². The number of carbonyl (C=O) groups excluding carboxylic acids is 1. The highest BCUT2D eigenvalue weighted by Gasteiger charge is 2.32. The van der Waals surface area contributed by atoms with E-state index >= 15 is 0 Å². The van der Waals surface area contributed by atoms with Crippen LogP contribution in [0.5, 0.6) is 0 Å². The highest BCUT2D eigenvalue weighted by atomic mass is 32.2. The molecule has 2 aromatic heterocycles. The van der Waals surface area contributed by atoms with Gasteiger partial charge in [0.25, 0.3) is 5.56 Å². The first-order valence-corrected chi connectivity index (χ1v) is 14.9. The van der Waals surface area contributed by atoms with Gasteiger partial charge in [0.15, 0.2) is 5.16 Å². The standard InChI is InChI=1S/C32H29N3O3S2/c1-21-11-10-16-24(17-21)35-30(37)28-25-18-32(2,3)38-19-26(25)40-29(28)33-31(35)39-20-27(36)34(22-12-6-4-7-13-22)23-14-8-5-9-15-23/h4-17H,18-20H2,1-3H3. The van der Waals surface area contributed by atoms with Crippen LogP contribution in [-0.2, 0) is 22.6 Å². The normalized spacial score (nSPS) is 14.2. The highest BCUT2D eigenvalue weighted by Crippen LogP contribution is 2.38. The molecule has 5 aromatic rings. The SMILES string of the molecule is Cc1cccc(-n2c(SCC(=O)N(c3ccccc3)c3ccccc3)nc3sc4c(c3c2=O)CC(C)(C)OC4)c1. The molecule has 1 amide bonds. The van der Waals surface area contributed by atoms with Gasteiger partial charge in [-0.15, -0.1) is 11.3 Å². The lowest BCUT2D eigenvalue weighted by molar-refractivity contribution is -0.115. The Morgan fingerprint density at radius 2 is 1.70 bits per heavy atom. The van der Waals surface area contributed by atoms with E-state index in [0.717, 1.165) is 33.1 Å². The molecular formula is C32H29N3O3S2. The van der Waals surface area contributed by atoms with Crippen molar-refractivity contribution in [3.05, 3.63) is 111 Å². The molecule has 0 saturated heterocycles. The third kappa shape index (κ3) is 5.10. The second-order valence-corrected chi connectivity index (χ2v) is 12.5. The Morgan fingerprint density at radius 3 is 2.35 bits per heavy atom. The number of aromatic nitrogens is 2. The monoisotopic (exact) mass is 567 g/mol. The average molecular weight is 568 g/mol. The van der Waals surface area contributed by atoms with Gasteiger partial charge >= 0.3 is 0 Å². The van der Waals surface area contributed by atoms with Gasteiger partial charge in [-0.25, -0.2) is 4.98 Å². The molecule has 1 aliphatic rings. The van der Waals surface area contributed by atoms with Gasteiger partial charge in [0, 0.05) is 22.7 Å². The third-order valence-corrected chi connectivity index (χ3v) is 8.96. The van der Waals surface area contributed by atoms with Crippen molar-refractivity contribution in [1.29, 1.82) is 0 Å². The first-order valence-electron chi connectivity index (χ1n) is 13.1. The fourth-order valence-electron chi connectivity index (χ4n) is 5.05. The number of anilines is 2. The number of benzene rings is 3. The number of hydrogen-bond donors (Lipinski definition) is 0. The Hall–Kier alpha value is -3.72. The van der Waals surface area contributed by atoms with Gasteiger partial charge < -0.3 is 4.74 Å². The van der Waals surface area contributed by atoms with Gasteiger partial charge in [-0.3, -0.25) is 19.1 Å². The fraction of sp³-hybridized carbons (Fsp3) is 0.219. The molecule has 0 bridgehead atoms. The molecule has 0 N–H and O–H groups in total. The predicted molar refractivity (Wildman–Crippen MR) is 163 cm³/mol. The number of thiophene rings is 1. The maximum absolute atomic E-state index is 14.2. The summed E-state index contributed by atoms with van der Waals surface area (Å²) in [6, 6.07) is 27.0. The van der Waals surface area contributed by atoms with E-state index in [-0.39, 0.29) is 22.8 Å². The molecule has 0 atom stereocenters. The van der Waals surface area contributed by atoms with Gasteiger partial charge in [-0.05, 0) is 68.3 Å². The smallest absolute Gasteiger partial charge is 0.267 e. The van der Waals surface area contributed by atoms with Crippen molar-refractivity contribution in [3.8, 4) is 5.69 Å². The van der Waals surface area contributed by atoms with Gasteiger partial charge in [0.05, 0.1) is 29.0 Å². The van der Waals surface area contributed by atoms with Crippen LogP contribution in [0.1, 0.15) is 29.9 Å². The lowest BCUT2D eigenvalue weighted by Crippen LogP contribution is -2.32. The van der Waals surface area contributed by atoms with Crippen molar-refractivity contribution in [2.75, 3.05) is 10.7 Å². The number of ether oxygens (including phenoxy) is 1. The fourth-order valence-corrected chi connectivity index (χ4v) is 7.05. The largest absolute Gasteiger partial charge is 0.370 e. The predicted octanol–water partition coefficient (Wildman–Crippen LogP) is 7.06. The molecule has 0 fully saturated rings. The molecule has 6 rings (SSSR count). The maximum Gasteiger partial charge on any atom is 0.267 e. The number of para-hydroxylation sites is 2. The molecule has 0 saturated carbocycles. The number of thioether (sulfide) groups is 1. The van der Waals surface area contributed by atoms with Crippen LogP contribution in [-0.4, -0.2) is 26.8 Å². The Kier molecular flexibility index (Phi) is 7.08. The number of aryl methyl sites for hydroxylation is 1. The van der Waals surface area contributed by atoms with Crippen LogP contribution in [0.2, 0.25) is 0 Å². The van der Waals surface area contributed by atoms with Gasteiger partial charge in [0.2, 0.25) is 5.91 Å². The summed E-state index contributed by atoms with van der Waals surface area (Å²) in [5.74, 6) is 0.00238. The zero-order valence-corrected chi connectivity index (χ0v) is 24.2. The van der Waals surface area contributed by atoms with E-state index in [1.54, 1.807) is 9.47 Å². The number of amides is 1. The van der Waals surface area contributed by atoms with E-state index in [0.29, 0.717) is 28.4 Å². The quantitative estimate of drug-likeness (QED) is 0.162. The van der Waals surface area contributed by atoms with Crippen molar-refractivity contribution in [2.45, 2.75) is 44.6 Å². The van der Waals surface area contributed by atoms with Crippen LogP contribution in [0.25, 0.3) is 15.9 Å². The molecule has 3 heterocycles. The molecule has 0 aliphatic carbocycles. The molecule has 0 unspecified atom stereocenters. The minimum absolute atomic E-state index is 0.104. The first kappa shape index (κ1) is 26.5. The Bertz CT molecular complexity index is 1720. The third-order valence-electron chi connectivity index (χ3n) is 6.94. The number of carbonyl (C=O) groups is 1. The Balaban J connectivity index is 1.43. The van der Waals surface area contributed by atoms with Crippen LogP contribution < -0.4 is 10.5 Å². The summed E-state index contributed by atoms with van der Waals surface area (Å²) < 4.78 is 7.69. The molecule has 40 heavy (non-hydrogen) atoms. The summed E-state index contributed by atoms with van der Waals surface area (Å²) >= 11 is 2.80. The minimum atomic E-state index is -0.347.